The summed E-state index contributed by atoms with van der Waals surface area (Å²) in [6.07, 6.45) is 9.83. The van der Waals surface area contributed by atoms with Crippen molar-refractivity contribution in [1.82, 2.24) is 15.2 Å². The number of piperidine rings is 2. The van der Waals surface area contributed by atoms with Crippen LogP contribution in [0.4, 0.5) is 0 Å². The van der Waals surface area contributed by atoms with Crippen molar-refractivity contribution >= 4 is 0 Å². The van der Waals surface area contributed by atoms with E-state index in [2.05, 4.69) is 41.2 Å². The molecule has 21 heavy (non-hydrogen) atoms. The molecule has 2 aliphatic heterocycles. The minimum absolute atomic E-state index is 0.732. The van der Waals surface area contributed by atoms with E-state index in [1.54, 1.807) is 0 Å². The Morgan fingerprint density at radius 1 is 1.24 bits per heavy atom. The molecule has 1 N–H and O–H groups in total. The molecule has 1 aromatic rings. The van der Waals surface area contributed by atoms with Crippen molar-refractivity contribution in [2.75, 3.05) is 6.54 Å². The van der Waals surface area contributed by atoms with Crippen LogP contribution in [0.3, 0.4) is 0 Å². The normalized spacial score (nSPS) is 29.5. The minimum atomic E-state index is 0.732. The van der Waals surface area contributed by atoms with Gasteiger partial charge in [-0.25, -0.2) is 0 Å². The lowest BCUT2D eigenvalue weighted by atomic mass is 9.81. The molecule has 3 heteroatoms. The number of nitrogens with one attached hydrogen (secondary N) is 1. The molecule has 3 heterocycles. The summed E-state index contributed by atoms with van der Waals surface area (Å²) in [7, 11) is 0. The van der Waals surface area contributed by atoms with Crippen LogP contribution >= 0.6 is 0 Å². The van der Waals surface area contributed by atoms with Gasteiger partial charge in [0.05, 0.1) is 5.69 Å². The van der Waals surface area contributed by atoms with E-state index in [0.717, 1.165) is 37.6 Å². The number of rotatable bonds is 5. The molecule has 3 nitrogen and oxygen atoms in total. The zero-order chi connectivity index (χ0) is 14.7. The molecule has 2 fully saturated rings. The summed E-state index contributed by atoms with van der Waals surface area (Å²) in [5.74, 6) is 0. The Balaban J connectivity index is 1.73. The van der Waals surface area contributed by atoms with Crippen molar-refractivity contribution in [3.63, 3.8) is 0 Å². The first-order chi connectivity index (χ1) is 10.3. The fourth-order valence-corrected chi connectivity index (χ4v) is 4.30. The van der Waals surface area contributed by atoms with Crippen molar-refractivity contribution < 1.29 is 0 Å². The molecule has 2 saturated heterocycles. The minimum Gasteiger partial charge on any atom is -0.314 e. The lowest BCUT2D eigenvalue weighted by Crippen LogP contribution is -2.55. The van der Waals surface area contributed by atoms with Crippen LogP contribution in [0.5, 0.6) is 0 Å². The third-order valence-corrected chi connectivity index (χ3v) is 5.32. The monoisotopic (exact) mass is 287 g/mol. The molecule has 1 aromatic heterocycles. The fourth-order valence-electron chi connectivity index (χ4n) is 4.30. The average molecular weight is 287 g/mol. The Labute approximate surface area is 129 Å². The first-order valence-corrected chi connectivity index (χ1v) is 8.73. The van der Waals surface area contributed by atoms with Crippen LogP contribution in [0.15, 0.2) is 18.3 Å². The molecular formula is C18H29N3. The van der Waals surface area contributed by atoms with Gasteiger partial charge in [0.15, 0.2) is 0 Å². The number of aryl methyl sites for hydroxylation is 1. The number of nitrogens with zero attached hydrogens (tertiary/aromatic N) is 2. The number of hydrogen-bond donors (Lipinski definition) is 1. The van der Waals surface area contributed by atoms with E-state index in [1.165, 1.54) is 43.4 Å². The number of aromatic nitrogens is 1. The third kappa shape index (κ3) is 3.29. The first-order valence-electron chi connectivity index (χ1n) is 8.73. The van der Waals surface area contributed by atoms with E-state index in [1.807, 2.05) is 6.20 Å². The van der Waals surface area contributed by atoms with Gasteiger partial charge in [0.1, 0.15) is 0 Å². The third-order valence-electron chi connectivity index (χ3n) is 5.32. The van der Waals surface area contributed by atoms with E-state index in [-0.39, 0.29) is 0 Å². The second kappa shape index (κ2) is 6.89. The molecule has 0 amide bonds. The van der Waals surface area contributed by atoms with Crippen LogP contribution in [-0.2, 0) is 13.0 Å². The maximum absolute atomic E-state index is 4.67. The molecule has 0 aliphatic carbocycles. The molecule has 3 rings (SSSR count). The predicted molar refractivity (Wildman–Crippen MR) is 87.3 cm³/mol. The zero-order valence-corrected chi connectivity index (χ0v) is 13.5. The highest BCUT2D eigenvalue weighted by atomic mass is 15.2. The van der Waals surface area contributed by atoms with Crippen molar-refractivity contribution in [1.29, 1.82) is 0 Å². The lowest BCUT2D eigenvalue weighted by molar-refractivity contribution is 0.0168. The maximum Gasteiger partial charge on any atom is 0.0575 e. The predicted octanol–water partition coefficient (Wildman–Crippen LogP) is 3.14. The van der Waals surface area contributed by atoms with Crippen molar-refractivity contribution in [3.05, 3.63) is 29.6 Å². The number of fused-ring (bicyclic) bond motifs is 2. The van der Waals surface area contributed by atoms with Gasteiger partial charge in [-0.15, -0.1) is 0 Å². The second-order valence-corrected chi connectivity index (χ2v) is 6.60. The van der Waals surface area contributed by atoms with E-state index < -0.39 is 0 Å². The van der Waals surface area contributed by atoms with Gasteiger partial charge in [-0.3, -0.25) is 9.88 Å². The Bertz CT molecular complexity index is 446. The maximum atomic E-state index is 4.67. The summed E-state index contributed by atoms with van der Waals surface area (Å²) in [6.45, 7) is 6.62. The van der Waals surface area contributed by atoms with Gasteiger partial charge in [-0.1, -0.05) is 26.3 Å². The molecule has 0 saturated carbocycles. The number of hydrogen-bond acceptors (Lipinski definition) is 3. The van der Waals surface area contributed by atoms with Gasteiger partial charge < -0.3 is 5.32 Å². The molecule has 2 atom stereocenters. The molecule has 0 aromatic carbocycles. The van der Waals surface area contributed by atoms with E-state index in [0.29, 0.717) is 0 Å². The van der Waals surface area contributed by atoms with Crippen LogP contribution in [-0.4, -0.2) is 34.6 Å². The molecular weight excluding hydrogens is 258 g/mol. The quantitative estimate of drug-likeness (QED) is 0.902. The molecule has 0 radical (unpaired) electrons. The second-order valence-electron chi connectivity index (χ2n) is 6.60. The molecule has 0 spiro atoms. The van der Waals surface area contributed by atoms with E-state index in [4.69, 9.17) is 0 Å². The Morgan fingerprint density at radius 3 is 2.67 bits per heavy atom. The highest BCUT2D eigenvalue weighted by Gasteiger charge is 2.38. The molecule has 2 bridgehead atoms. The van der Waals surface area contributed by atoms with Crippen LogP contribution in [0.1, 0.15) is 57.2 Å². The molecule has 116 valence electrons. The van der Waals surface area contributed by atoms with Crippen LogP contribution in [0.2, 0.25) is 0 Å². The van der Waals surface area contributed by atoms with Crippen LogP contribution in [0, 0.1) is 0 Å². The highest BCUT2D eigenvalue weighted by molar-refractivity contribution is 5.20. The van der Waals surface area contributed by atoms with Crippen LogP contribution in [0.25, 0.3) is 0 Å². The zero-order valence-electron chi connectivity index (χ0n) is 13.5. The molecule has 2 aliphatic rings. The topological polar surface area (TPSA) is 28.2 Å². The SMILES string of the molecule is CCNC1CC2CCCC(C1)N2Cc1ncccc1CC. The van der Waals surface area contributed by atoms with Gasteiger partial charge in [-0.05, 0) is 50.3 Å². The standard InChI is InChI=1S/C18H29N3/c1-3-14-7-6-10-20-18(14)13-21-16-8-5-9-17(21)12-15(11-16)19-4-2/h6-7,10,15-17,19H,3-5,8-9,11-13H2,1-2H3. The van der Waals surface area contributed by atoms with Gasteiger partial charge in [0, 0.05) is 30.9 Å². The average Bonchev–Trinajstić information content (AvgIpc) is 2.49. The summed E-state index contributed by atoms with van der Waals surface area (Å²) in [4.78, 5) is 7.43. The van der Waals surface area contributed by atoms with Gasteiger partial charge in [0.25, 0.3) is 0 Å². The lowest BCUT2D eigenvalue weighted by Gasteiger charge is -2.49. The van der Waals surface area contributed by atoms with Gasteiger partial charge in [0.2, 0.25) is 0 Å². The summed E-state index contributed by atoms with van der Waals surface area (Å²) in [6, 6.07) is 6.56. The summed E-state index contributed by atoms with van der Waals surface area (Å²) >= 11 is 0. The highest BCUT2D eigenvalue weighted by Crippen LogP contribution is 2.35. The van der Waals surface area contributed by atoms with Gasteiger partial charge >= 0.3 is 0 Å². The van der Waals surface area contributed by atoms with Crippen LogP contribution < -0.4 is 5.32 Å². The van der Waals surface area contributed by atoms with Crippen molar-refractivity contribution in [3.8, 4) is 0 Å². The Hall–Kier alpha value is -0.930. The van der Waals surface area contributed by atoms with Crippen molar-refractivity contribution in [2.24, 2.45) is 0 Å². The summed E-state index contributed by atoms with van der Waals surface area (Å²) in [5.41, 5.74) is 2.73. The van der Waals surface area contributed by atoms with E-state index >= 15 is 0 Å². The fraction of sp³-hybridized carbons (Fsp3) is 0.722. The smallest absolute Gasteiger partial charge is 0.0575 e. The van der Waals surface area contributed by atoms with E-state index in [9.17, 15) is 0 Å². The first kappa shape index (κ1) is 15.0. The Morgan fingerprint density at radius 2 is 2.00 bits per heavy atom. The summed E-state index contributed by atoms with van der Waals surface area (Å²) in [5, 5.41) is 3.68. The Kier molecular flexibility index (Phi) is 4.91. The molecule has 2 unspecified atom stereocenters. The summed E-state index contributed by atoms with van der Waals surface area (Å²) < 4.78 is 0. The van der Waals surface area contributed by atoms with Gasteiger partial charge in [-0.2, -0.15) is 0 Å². The number of pyridine rings is 1. The largest absolute Gasteiger partial charge is 0.314 e. The van der Waals surface area contributed by atoms with Crippen molar-refractivity contribution in [2.45, 2.75) is 77.0 Å².